The maximum Gasteiger partial charge on any atom is 0.416 e. The molecule has 0 spiro atoms. The van der Waals surface area contributed by atoms with Gasteiger partial charge < -0.3 is 4.74 Å². The summed E-state index contributed by atoms with van der Waals surface area (Å²) >= 11 is 0. The van der Waals surface area contributed by atoms with Crippen molar-refractivity contribution >= 4 is 0 Å². The third kappa shape index (κ3) is 6.87. The van der Waals surface area contributed by atoms with Gasteiger partial charge >= 0.3 is 6.18 Å². The van der Waals surface area contributed by atoms with Crippen LogP contribution in [-0.4, -0.2) is 7.11 Å². The van der Waals surface area contributed by atoms with E-state index in [9.17, 15) is 13.2 Å². The van der Waals surface area contributed by atoms with Crippen LogP contribution >= 0.6 is 0 Å². The van der Waals surface area contributed by atoms with Gasteiger partial charge in [0.15, 0.2) is 0 Å². The molecule has 1 nitrogen and oxygen atoms in total. The second-order valence-corrected chi connectivity index (χ2v) is 2.74. The van der Waals surface area contributed by atoms with Crippen LogP contribution < -0.4 is 4.74 Å². The van der Waals surface area contributed by atoms with Gasteiger partial charge in [-0.1, -0.05) is 27.7 Å². The minimum atomic E-state index is -4.31. The van der Waals surface area contributed by atoms with E-state index in [-0.39, 0.29) is 5.75 Å². The van der Waals surface area contributed by atoms with E-state index in [0.29, 0.717) is 5.56 Å². The summed E-state index contributed by atoms with van der Waals surface area (Å²) in [6.45, 7) is 9.60. The molecule has 17 heavy (non-hydrogen) atoms. The molecule has 0 unspecified atom stereocenters. The van der Waals surface area contributed by atoms with Crippen molar-refractivity contribution in [2.24, 2.45) is 0 Å². The summed E-state index contributed by atoms with van der Waals surface area (Å²) in [4.78, 5) is 0. The van der Waals surface area contributed by atoms with Crippen molar-refractivity contribution in [1.29, 1.82) is 0 Å². The van der Waals surface area contributed by atoms with E-state index in [1.165, 1.54) is 7.11 Å². The highest BCUT2D eigenvalue weighted by atomic mass is 19.4. The maximum absolute atomic E-state index is 12.2. The highest BCUT2D eigenvalue weighted by molar-refractivity contribution is 5.35. The Hall–Kier alpha value is -1.19. The minimum Gasteiger partial charge on any atom is -0.497 e. The number of halogens is 3. The predicted octanol–water partition coefficient (Wildman–Crippen LogP) is 5.07. The monoisotopic (exact) mass is 250 g/mol. The lowest BCUT2D eigenvalue weighted by Crippen LogP contribution is -2.05. The largest absolute Gasteiger partial charge is 0.497 e. The number of methoxy groups -OCH3 is 1. The van der Waals surface area contributed by atoms with E-state index < -0.39 is 11.7 Å². The van der Waals surface area contributed by atoms with E-state index >= 15 is 0 Å². The number of aryl methyl sites for hydroxylation is 1. The molecule has 0 aliphatic heterocycles. The number of hydrogen-bond acceptors (Lipinski definition) is 1. The minimum absolute atomic E-state index is 0.229. The molecule has 1 aromatic rings. The van der Waals surface area contributed by atoms with Gasteiger partial charge in [-0.2, -0.15) is 13.2 Å². The molecule has 0 radical (unpaired) electrons. The summed E-state index contributed by atoms with van der Waals surface area (Å²) in [5.74, 6) is 0.229. The van der Waals surface area contributed by atoms with Gasteiger partial charge in [-0.15, -0.1) is 0 Å². The first-order valence-electron chi connectivity index (χ1n) is 5.66. The number of hydrogen-bond donors (Lipinski definition) is 0. The average molecular weight is 250 g/mol. The molecule has 1 aromatic carbocycles. The van der Waals surface area contributed by atoms with E-state index in [1.54, 1.807) is 13.0 Å². The molecule has 0 aliphatic carbocycles. The molecule has 0 saturated heterocycles. The van der Waals surface area contributed by atoms with Crippen molar-refractivity contribution in [2.75, 3.05) is 7.11 Å². The fourth-order valence-electron chi connectivity index (χ4n) is 1.03. The van der Waals surface area contributed by atoms with Gasteiger partial charge in [-0.05, 0) is 30.7 Å². The summed E-state index contributed by atoms with van der Waals surface area (Å²) in [7, 11) is 1.34. The van der Waals surface area contributed by atoms with Gasteiger partial charge in [0.2, 0.25) is 0 Å². The summed E-state index contributed by atoms with van der Waals surface area (Å²) in [5.41, 5.74) is -0.143. The number of benzene rings is 1. The Kier molecular flexibility index (Phi) is 9.52. The average Bonchev–Trinajstić information content (AvgIpc) is 2.32. The van der Waals surface area contributed by atoms with Crippen LogP contribution in [0, 0.1) is 6.92 Å². The van der Waals surface area contributed by atoms with E-state index in [2.05, 4.69) is 0 Å². The fourth-order valence-corrected chi connectivity index (χ4v) is 1.03. The van der Waals surface area contributed by atoms with Crippen molar-refractivity contribution in [2.45, 2.75) is 40.8 Å². The zero-order chi connectivity index (χ0) is 14.1. The molecular formula is C13H21F3O. The normalized spacial score (nSPS) is 9.47. The lowest BCUT2D eigenvalue weighted by Gasteiger charge is -2.09. The Balaban J connectivity index is 0. The van der Waals surface area contributed by atoms with Crippen molar-refractivity contribution in [1.82, 2.24) is 0 Å². The molecule has 0 aromatic heterocycles. The third-order valence-electron chi connectivity index (χ3n) is 1.61. The van der Waals surface area contributed by atoms with Crippen molar-refractivity contribution in [3.8, 4) is 5.75 Å². The standard InChI is InChI=1S/C9H9F3O.2C2H6/c1-6-3-7(9(10,11)12)5-8(4-6)13-2;2*1-2/h3-5H,1-2H3;2*1-2H3. The number of rotatable bonds is 1. The fraction of sp³-hybridized carbons (Fsp3) is 0.538. The molecule has 0 heterocycles. The zero-order valence-corrected chi connectivity index (χ0v) is 11.3. The van der Waals surface area contributed by atoms with E-state index in [1.807, 2.05) is 27.7 Å². The van der Waals surface area contributed by atoms with Crippen molar-refractivity contribution in [3.63, 3.8) is 0 Å². The zero-order valence-electron chi connectivity index (χ0n) is 11.3. The first-order valence-corrected chi connectivity index (χ1v) is 5.66. The molecular weight excluding hydrogens is 229 g/mol. The molecule has 0 amide bonds. The molecule has 0 saturated carbocycles. The second kappa shape index (κ2) is 8.90. The van der Waals surface area contributed by atoms with E-state index in [0.717, 1.165) is 12.1 Å². The highest BCUT2D eigenvalue weighted by Gasteiger charge is 2.30. The molecule has 0 atom stereocenters. The van der Waals surface area contributed by atoms with E-state index in [4.69, 9.17) is 4.74 Å². The molecule has 100 valence electrons. The lowest BCUT2D eigenvalue weighted by atomic mass is 10.1. The van der Waals surface area contributed by atoms with Crippen molar-refractivity contribution < 1.29 is 17.9 Å². The summed E-state index contributed by atoms with van der Waals surface area (Å²) in [6, 6.07) is 3.62. The van der Waals surface area contributed by atoms with Crippen LogP contribution in [0.5, 0.6) is 5.75 Å². The van der Waals surface area contributed by atoms with Crippen LogP contribution in [0.25, 0.3) is 0 Å². The topological polar surface area (TPSA) is 9.23 Å². The molecule has 0 bridgehead atoms. The molecule has 1 rings (SSSR count). The van der Waals surface area contributed by atoms with Crippen LogP contribution in [0.1, 0.15) is 38.8 Å². The van der Waals surface area contributed by atoms with Crippen LogP contribution in [0.2, 0.25) is 0 Å². The van der Waals surface area contributed by atoms with Crippen LogP contribution in [0.3, 0.4) is 0 Å². The smallest absolute Gasteiger partial charge is 0.416 e. The summed E-state index contributed by atoms with van der Waals surface area (Å²) in [6.07, 6.45) is -4.31. The quantitative estimate of drug-likeness (QED) is 0.675. The molecule has 0 aliphatic rings. The van der Waals surface area contributed by atoms with Crippen LogP contribution in [0.4, 0.5) is 13.2 Å². The number of ether oxygens (including phenoxy) is 1. The third-order valence-corrected chi connectivity index (χ3v) is 1.61. The van der Waals surface area contributed by atoms with Gasteiger partial charge in [-0.25, -0.2) is 0 Å². The van der Waals surface area contributed by atoms with Crippen LogP contribution in [-0.2, 0) is 6.18 Å². The Labute approximate surface area is 102 Å². The Morgan fingerprint density at radius 2 is 1.41 bits per heavy atom. The van der Waals surface area contributed by atoms with Crippen molar-refractivity contribution in [3.05, 3.63) is 29.3 Å². The maximum atomic E-state index is 12.2. The SMILES string of the molecule is CC.CC.COc1cc(C)cc(C(F)(F)F)c1. The lowest BCUT2D eigenvalue weighted by molar-refractivity contribution is -0.137. The molecule has 0 fully saturated rings. The first-order chi connectivity index (χ1) is 7.93. The van der Waals surface area contributed by atoms with Crippen LogP contribution in [0.15, 0.2) is 18.2 Å². The predicted molar refractivity (Wildman–Crippen MR) is 65.4 cm³/mol. The molecule has 4 heteroatoms. The van der Waals surface area contributed by atoms with Gasteiger partial charge in [0.1, 0.15) is 5.75 Å². The first kappa shape index (κ1) is 18.2. The second-order valence-electron chi connectivity index (χ2n) is 2.74. The highest BCUT2D eigenvalue weighted by Crippen LogP contribution is 2.32. The summed E-state index contributed by atoms with van der Waals surface area (Å²) < 4.78 is 41.4. The Morgan fingerprint density at radius 1 is 0.941 bits per heavy atom. The van der Waals surface area contributed by atoms with Gasteiger partial charge in [0.25, 0.3) is 0 Å². The molecule has 0 N–H and O–H groups in total. The Bertz CT molecular complexity index is 306. The number of alkyl halides is 3. The van der Waals surface area contributed by atoms with Gasteiger partial charge in [-0.3, -0.25) is 0 Å². The summed E-state index contributed by atoms with van der Waals surface area (Å²) in [5, 5.41) is 0. The van der Waals surface area contributed by atoms with Gasteiger partial charge in [0.05, 0.1) is 12.7 Å². The Morgan fingerprint density at radius 3 is 1.76 bits per heavy atom. The van der Waals surface area contributed by atoms with Gasteiger partial charge in [0, 0.05) is 0 Å².